The van der Waals surface area contributed by atoms with Crippen molar-refractivity contribution in [3.8, 4) is 10.9 Å². The summed E-state index contributed by atoms with van der Waals surface area (Å²) in [6.07, 6.45) is 1.14. The van der Waals surface area contributed by atoms with E-state index < -0.39 is 4.92 Å². The lowest BCUT2D eigenvalue weighted by molar-refractivity contribution is -0.385. The fourth-order valence-electron chi connectivity index (χ4n) is 1.99. The molecule has 0 saturated heterocycles. The number of nitrogens with zero attached hydrogens (tertiary/aromatic N) is 4. The molecule has 3 aromatic rings. The van der Waals surface area contributed by atoms with E-state index in [1.165, 1.54) is 24.3 Å². The highest BCUT2D eigenvalue weighted by molar-refractivity contribution is 7.18. The molecule has 122 valence electrons. The summed E-state index contributed by atoms with van der Waals surface area (Å²) in [6, 6.07) is 5.10. The molecule has 0 aliphatic carbocycles. The molecule has 0 amide bonds. The molecule has 9 nitrogen and oxygen atoms in total. The van der Waals surface area contributed by atoms with Crippen LogP contribution in [0.3, 0.4) is 0 Å². The summed E-state index contributed by atoms with van der Waals surface area (Å²) in [6.45, 7) is 1.87. The Labute approximate surface area is 138 Å². The summed E-state index contributed by atoms with van der Waals surface area (Å²) in [4.78, 5) is 37.8. The average Bonchev–Trinajstić information content (AvgIpc) is 2.97. The van der Waals surface area contributed by atoms with Gasteiger partial charge in [0.1, 0.15) is 6.29 Å². The first-order valence-electron chi connectivity index (χ1n) is 6.83. The van der Waals surface area contributed by atoms with E-state index in [0.717, 1.165) is 15.9 Å². The highest BCUT2D eigenvalue weighted by atomic mass is 32.1. The Morgan fingerprint density at radius 2 is 2.21 bits per heavy atom. The van der Waals surface area contributed by atoms with E-state index in [1.807, 2.05) is 6.92 Å². The SMILES string of the molecule is CCc1cc(=O)n2nc(Oc3cc(C=O)ccc3[N+](=O)[O-])sc2n1. The maximum Gasteiger partial charge on any atom is 0.311 e. The Hall–Kier alpha value is -3.14. The van der Waals surface area contributed by atoms with Gasteiger partial charge in [-0.3, -0.25) is 19.7 Å². The van der Waals surface area contributed by atoms with Crippen LogP contribution in [0.5, 0.6) is 10.9 Å². The number of nitro groups is 1. The van der Waals surface area contributed by atoms with Crippen molar-refractivity contribution in [2.45, 2.75) is 13.3 Å². The summed E-state index contributed by atoms with van der Waals surface area (Å²) in [5.74, 6) is -0.132. The predicted octanol–water partition coefficient (Wildman–Crippen LogP) is 2.23. The molecular formula is C14H10N4O5S. The van der Waals surface area contributed by atoms with Gasteiger partial charge in [0.05, 0.1) is 4.92 Å². The second kappa shape index (κ2) is 6.16. The third kappa shape index (κ3) is 2.86. The van der Waals surface area contributed by atoms with Crippen molar-refractivity contribution in [2.24, 2.45) is 0 Å². The molecule has 0 radical (unpaired) electrons. The van der Waals surface area contributed by atoms with E-state index >= 15 is 0 Å². The van der Waals surface area contributed by atoms with Gasteiger partial charge in [0.25, 0.3) is 10.8 Å². The van der Waals surface area contributed by atoms with Gasteiger partial charge in [-0.1, -0.05) is 6.92 Å². The zero-order chi connectivity index (χ0) is 17.3. The van der Waals surface area contributed by atoms with Crippen LogP contribution in [0.4, 0.5) is 5.69 Å². The Kier molecular flexibility index (Phi) is 4.04. The molecule has 0 unspecified atom stereocenters. The number of fused-ring (bicyclic) bond motifs is 1. The van der Waals surface area contributed by atoms with Crippen LogP contribution in [0, 0.1) is 10.1 Å². The van der Waals surface area contributed by atoms with Crippen molar-refractivity contribution in [3.05, 3.63) is 56.0 Å². The van der Waals surface area contributed by atoms with E-state index in [2.05, 4.69) is 10.1 Å². The lowest BCUT2D eigenvalue weighted by Crippen LogP contribution is -2.15. The van der Waals surface area contributed by atoms with Gasteiger partial charge in [0.15, 0.2) is 0 Å². The van der Waals surface area contributed by atoms with Crippen LogP contribution in [0.25, 0.3) is 4.96 Å². The number of aldehydes is 1. The Morgan fingerprint density at radius 3 is 2.88 bits per heavy atom. The molecular weight excluding hydrogens is 336 g/mol. The summed E-state index contributed by atoms with van der Waals surface area (Å²) >= 11 is 0.977. The minimum atomic E-state index is -0.628. The number of benzene rings is 1. The van der Waals surface area contributed by atoms with Gasteiger partial charge < -0.3 is 4.74 Å². The van der Waals surface area contributed by atoms with Gasteiger partial charge in [-0.05, 0) is 29.9 Å². The van der Waals surface area contributed by atoms with Crippen LogP contribution in [0.2, 0.25) is 0 Å². The number of hydrogen-bond acceptors (Lipinski definition) is 8. The van der Waals surface area contributed by atoms with Crippen molar-refractivity contribution in [1.82, 2.24) is 14.6 Å². The molecule has 0 bridgehead atoms. The molecule has 10 heteroatoms. The number of aryl methyl sites for hydroxylation is 1. The molecule has 2 aromatic heterocycles. The molecule has 0 aliphatic heterocycles. The van der Waals surface area contributed by atoms with Gasteiger partial charge in [-0.25, -0.2) is 4.98 Å². The van der Waals surface area contributed by atoms with Gasteiger partial charge >= 0.3 is 5.69 Å². The second-order valence-corrected chi connectivity index (χ2v) is 5.62. The third-order valence-corrected chi connectivity index (χ3v) is 3.94. The van der Waals surface area contributed by atoms with Crippen LogP contribution >= 0.6 is 11.3 Å². The fraction of sp³-hybridized carbons (Fsp3) is 0.143. The Morgan fingerprint density at radius 1 is 1.42 bits per heavy atom. The van der Waals surface area contributed by atoms with E-state index in [9.17, 15) is 19.7 Å². The highest BCUT2D eigenvalue weighted by Crippen LogP contribution is 2.33. The highest BCUT2D eigenvalue weighted by Gasteiger charge is 2.19. The molecule has 0 N–H and O–H groups in total. The van der Waals surface area contributed by atoms with E-state index in [0.29, 0.717) is 23.4 Å². The van der Waals surface area contributed by atoms with Gasteiger partial charge in [0.2, 0.25) is 10.7 Å². The number of nitro benzene ring substituents is 1. The van der Waals surface area contributed by atoms with Crippen molar-refractivity contribution in [3.63, 3.8) is 0 Å². The maximum atomic E-state index is 12.0. The topological polar surface area (TPSA) is 117 Å². The zero-order valence-electron chi connectivity index (χ0n) is 12.3. The largest absolute Gasteiger partial charge is 0.422 e. The molecule has 1 aromatic carbocycles. The second-order valence-electron chi connectivity index (χ2n) is 4.71. The first-order chi connectivity index (χ1) is 11.5. The van der Waals surface area contributed by atoms with Crippen LogP contribution in [0.15, 0.2) is 29.1 Å². The van der Waals surface area contributed by atoms with Gasteiger partial charge in [-0.2, -0.15) is 4.52 Å². The van der Waals surface area contributed by atoms with Crippen LogP contribution < -0.4 is 10.3 Å². The number of hydrogen-bond donors (Lipinski definition) is 0. The minimum Gasteiger partial charge on any atom is -0.422 e. The lowest BCUT2D eigenvalue weighted by atomic mass is 10.2. The van der Waals surface area contributed by atoms with Crippen LogP contribution in [0.1, 0.15) is 23.0 Å². The van der Waals surface area contributed by atoms with Gasteiger partial charge in [-0.15, -0.1) is 5.10 Å². The van der Waals surface area contributed by atoms with Crippen LogP contribution in [-0.2, 0) is 6.42 Å². The number of aromatic nitrogens is 3. The average molecular weight is 346 g/mol. The van der Waals surface area contributed by atoms with E-state index in [-0.39, 0.29) is 27.8 Å². The van der Waals surface area contributed by atoms with Crippen molar-refractivity contribution >= 4 is 28.3 Å². The minimum absolute atomic E-state index is 0.0130. The Bertz CT molecular complexity index is 1010. The third-order valence-electron chi connectivity index (χ3n) is 3.16. The molecule has 0 fully saturated rings. The van der Waals surface area contributed by atoms with Crippen molar-refractivity contribution in [2.75, 3.05) is 0 Å². The molecule has 0 spiro atoms. The first-order valence-corrected chi connectivity index (χ1v) is 7.64. The summed E-state index contributed by atoms with van der Waals surface area (Å²) < 4.78 is 6.50. The predicted molar refractivity (Wildman–Crippen MR) is 85.1 cm³/mol. The molecule has 24 heavy (non-hydrogen) atoms. The summed E-state index contributed by atoms with van der Waals surface area (Å²) in [7, 11) is 0. The molecule has 0 atom stereocenters. The quantitative estimate of drug-likeness (QED) is 0.395. The molecule has 0 saturated carbocycles. The summed E-state index contributed by atoms with van der Waals surface area (Å²) in [5.41, 5.74) is 0.165. The number of ether oxygens (including phenoxy) is 1. The van der Waals surface area contributed by atoms with Crippen molar-refractivity contribution < 1.29 is 14.5 Å². The summed E-state index contributed by atoms with van der Waals surface area (Å²) in [5, 5.41) is 15.1. The van der Waals surface area contributed by atoms with E-state index in [1.54, 1.807) is 0 Å². The Balaban J connectivity index is 2.07. The van der Waals surface area contributed by atoms with E-state index in [4.69, 9.17) is 4.74 Å². The van der Waals surface area contributed by atoms with Crippen LogP contribution in [-0.4, -0.2) is 25.8 Å². The monoisotopic (exact) mass is 346 g/mol. The lowest BCUT2D eigenvalue weighted by Gasteiger charge is -2.02. The first kappa shape index (κ1) is 15.7. The maximum absolute atomic E-state index is 12.0. The molecule has 0 aliphatic rings. The zero-order valence-corrected chi connectivity index (χ0v) is 13.1. The van der Waals surface area contributed by atoms with Gasteiger partial charge in [0, 0.05) is 23.4 Å². The smallest absolute Gasteiger partial charge is 0.311 e. The molecule has 3 rings (SSSR count). The normalized spacial score (nSPS) is 10.7. The number of rotatable bonds is 5. The standard InChI is InChI=1S/C14H10N4O5S/c1-2-9-6-12(20)17-13(15-9)24-14(16-17)23-11-5-8(7-19)3-4-10(11)18(21)22/h3-7H,2H2,1H3. The van der Waals surface area contributed by atoms with Crippen molar-refractivity contribution in [1.29, 1.82) is 0 Å². The molecule has 2 heterocycles. The fourth-order valence-corrected chi connectivity index (χ4v) is 2.78. The number of carbonyl (C=O) groups is 1. The number of carbonyl (C=O) groups excluding carboxylic acids is 1.